The van der Waals surface area contributed by atoms with E-state index in [-0.39, 0.29) is 28.6 Å². The normalized spacial score (nSPS) is 11.8. The third-order valence-corrected chi connectivity index (χ3v) is 6.25. The molecule has 0 saturated heterocycles. The predicted octanol–water partition coefficient (Wildman–Crippen LogP) is 5.33. The average molecular weight is 572 g/mol. The molecule has 184 valence electrons. The topological polar surface area (TPSA) is 77.6 Å². The smallest absolute Gasteiger partial charge is 0.433 e. The van der Waals surface area contributed by atoms with Crippen LogP contribution in [-0.2, 0) is 19.3 Å². The number of alkyl halides is 3. The molecule has 0 N–H and O–H groups in total. The van der Waals surface area contributed by atoms with Crippen molar-refractivity contribution in [2.75, 3.05) is 14.2 Å². The number of hydrogen-bond acceptors (Lipinski definition) is 5. The van der Waals surface area contributed by atoms with Gasteiger partial charge >= 0.3 is 6.18 Å². The molecule has 8 nitrogen and oxygen atoms in total. The Morgan fingerprint density at radius 1 is 1.26 bits per heavy atom. The van der Waals surface area contributed by atoms with E-state index in [9.17, 15) is 18.0 Å². The lowest BCUT2D eigenvalue weighted by atomic mass is 10.1. The molecular weight excluding hydrogens is 553 g/mol. The Morgan fingerprint density at radius 3 is 2.63 bits per heavy atom. The van der Waals surface area contributed by atoms with Crippen LogP contribution in [0.4, 0.5) is 13.2 Å². The molecule has 0 fully saturated rings. The number of carbonyl (C=O) groups excluding carboxylic acids is 1. The van der Waals surface area contributed by atoms with Crippen molar-refractivity contribution in [3.63, 3.8) is 0 Å². The molecule has 0 aliphatic carbocycles. The van der Waals surface area contributed by atoms with Crippen LogP contribution >= 0.6 is 27.5 Å². The summed E-state index contributed by atoms with van der Waals surface area (Å²) < 4.78 is 50.0. The zero-order valence-corrected chi connectivity index (χ0v) is 21.1. The molecule has 0 bridgehead atoms. The minimum Gasteiger partial charge on any atom is -0.497 e. The lowest BCUT2D eigenvalue weighted by molar-refractivity contribution is -0.142. The van der Waals surface area contributed by atoms with E-state index in [2.05, 4.69) is 31.1 Å². The number of aryl methyl sites for hydroxylation is 1. The van der Waals surface area contributed by atoms with Crippen LogP contribution in [0.3, 0.4) is 0 Å². The maximum Gasteiger partial charge on any atom is 0.433 e. The summed E-state index contributed by atoms with van der Waals surface area (Å²) in [4.78, 5) is 18.7. The van der Waals surface area contributed by atoms with Crippen LogP contribution in [-0.4, -0.2) is 49.3 Å². The van der Waals surface area contributed by atoms with Gasteiger partial charge in [-0.05, 0) is 41.1 Å². The highest BCUT2D eigenvalue weighted by Crippen LogP contribution is 2.35. The first-order valence-electron chi connectivity index (χ1n) is 10.3. The van der Waals surface area contributed by atoms with Crippen LogP contribution in [0.1, 0.15) is 28.8 Å². The first-order chi connectivity index (χ1) is 16.5. The summed E-state index contributed by atoms with van der Waals surface area (Å²) in [6, 6.07) is 7.30. The fourth-order valence-electron chi connectivity index (χ4n) is 3.44. The van der Waals surface area contributed by atoms with Gasteiger partial charge in [-0.3, -0.25) is 9.48 Å². The summed E-state index contributed by atoms with van der Waals surface area (Å²) in [5.74, 6) is -0.221. The molecule has 1 aromatic carbocycles. The second kappa shape index (κ2) is 9.50. The fourth-order valence-corrected chi connectivity index (χ4v) is 4.13. The first-order valence-corrected chi connectivity index (χ1v) is 11.5. The number of rotatable bonds is 6. The van der Waals surface area contributed by atoms with E-state index in [1.165, 1.54) is 19.1 Å². The van der Waals surface area contributed by atoms with E-state index in [1.807, 2.05) is 6.92 Å². The molecule has 4 aromatic rings. The Bertz CT molecular complexity index is 1420. The van der Waals surface area contributed by atoms with Gasteiger partial charge in [-0.25, -0.2) is 9.50 Å². The molecule has 13 heteroatoms. The number of hydrogen-bond donors (Lipinski definition) is 0. The zero-order chi connectivity index (χ0) is 25.5. The Kier molecular flexibility index (Phi) is 6.78. The Balaban J connectivity index is 1.79. The third-order valence-electron chi connectivity index (χ3n) is 5.24. The number of aromatic nitrogens is 5. The standard InChI is InChI=1S/C22H19BrClF3N6O2/c1-4-32-10-14(23)16(29-32)11-31(2)21(34)19-18(24)20-28-15(12-6-5-7-13(8-12)35-3)9-17(22(25,26)27)33(20)30-19/h5-10H,4,11H2,1-3H3. The molecule has 1 amide bonds. The lowest BCUT2D eigenvalue weighted by Gasteiger charge is -2.14. The Hall–Kier alpha value is -3.12. The van der Waals surface area contributed by atoms with Crippen molar-refractivity contribution in [1.29, 1.82) is 0 Å². The van der Waals surface area contributed by atoms with Crippen LogP contribution < -0.4 is 4.74 Å². The van der Waals surface area contributed by atoms with Gasteiger partial charge in [0.1, 0.15) is 10.8 Å². The second-order valence-corrected chi connectivity index (χ2v) is 8.83. The molecular formula is C22H19BrClF3N6O2. The van der Waals surface area contributed by atoms with Gasteiger partial charge in [0.05, 0.1) is 29.5 Å². The molecule has 0 spiro atoms. The van der Waals surface area contributed by atoms with Crippen LogP contribution in [0.2, 0.25) is 5.02 Å². The van der Waals surface area contributed by atoms with E-state index in [0.717, 1.165) is 6.07 Å². The van der Waals surface area contributed by atoms with Crippen LogP contribution in [0, 0.1) is 0 Å². The number of amides is 1. The van der Waals surface area contributed by atoms with Crippen molar-refractivity contribution in [2.24, 2.45) is 0 Å². The van der Waals surface area contributed by atoms with Crippen molar-refractivity contribution in [3.8, 4) is 17.0 Å². The highest BCUT2D eigenvalue weighted by molar-refractivity contribution is 9.10. The first kappa shape index (κ1) is 25.0. The predicted molar refractivity (Wildman–Crippen MR) is 126 cm³/mol. The lowest BCUT2D eigenvalue weighted by Crippen LogP contribution is -2.27. The van der Waals surface area contributed by atoms with Gasteiger partial charge in [-0.2, -0.15) is 23.4 Å². The van der Waals surface area contributed by atoms with Crippen molar-refractivity contribution in [1.82, 2.24) is 29.3 Å². The molecule has 35 heavy (non-hydrogen) atoms. The Morgan fingerprint density at radius 2 is 2.00 bits per heavy atom. The van der Waals surface area contributed by atoms with Crippen molar-refractivity contribution in [2.45, 2.75) is 26.2 Å². The summed E-state index contributed by atoms with van der Waals surface area (Å²) in [6.45, 7) is 2.64. The number of halogens is 5. The highest BCUT2D eigenvalue weighted by atomic mass is 79.9. The fraction of sp³-hybridized carbons (Fsp3) is 0.273. The van der Waals surface area contributed by atoms with Crippen molar-refractivity contribution >= 4 is 39.1 Å². The third kappa shape index (κ3) is 4.85. The number of nitrogens with zero attached hydrogens (tertiary/aromatic N) is 6. The number of benzene rings is 1. The number of fused-ring (bicyclic) bond motifs is 1. The number of ether oxygens (including phenoxy) is 1. The van der Waals surface area contributed by atoms with Gasteiger partial charge < -0.3 is 9.64 Å². The quantitative estimate of drug-likeness (QED) is 0.313. The highest BCUT2D eigenvalue weighted by Gasteiger charge is 2.37. The molecule has 0 atom stereocenters. The molecule has 3 aromatic heterocycles. The van der Waals surface area contributed by atoms with Gasteiger partial charge in [0.25, 0.3) is 5.91 Å². The van der Waals surface area contributed by atoms with Crippen LogP contribution in [0.25, 0.3) is 16.9 Å². The van der Waals surface area contributed by atoms with Crippen LogP contribution in [0.5, 0.6) is 5.75 Å². The second-order valence-electron chi connectivity index (χ2n) is 7.59. The van der Waals surface area contributed by atoms with Gasteiger partial charge in [-0.1, -0.05) is 23.7 Å². The summed E-state index contributed by atoms with van der Waals surface area (Å²) in [6.07, 6.45) is -3.01. The van der Waals surface area contributed by atoms with Crippen molar-refractivity contribution in [3.05, 3.63) is 63.1 Å². The van der Waals surface area contributed by atoms with E-state index in [1.54, 1.807) is 35.1 Å². The summed E-state index contributed by atoms with van der Waals surface area (Å²) in [5, 5.41) is 7.98. The number of carbonyl (C=O) groups is 1. The van der Waals surface area contributed by atoms with Crippen molar-refractivity contribution < 1.29 is 22.7 Å². The van der Waals surface area contributed by atoms with Gasteiger partial charge in [0.15, 0.2) is 17.0 Å². The van der Waals surface area contributed by atoms with E-state index >= 15 is 0 Å². The molecule has 0 aliphatic heterocycles. The van der Waals surface area contributed by atoms with Gasteiger partial charge in [0, 0.05) is 25.4 Å². The van der Waals surface area contributed by atoms with E-state index < -0.39 is 17.8 Å². The summed E-state index contributed by atoms with van der Waals surface area (Å²) in [5.41, 5.74) is -0.776. The minimum atomic E-state index is -4.78. The molecule has 3 heterocycles. The monoisotopic (exact) mass is 570 g/mol. The average Bonchev–Trinajstić information content (AvgIpc) is 3.36. The minimum absolute atomic E-state index is 0.00640. The van der Waals surface area contributed by atoms with Gasteiger partial charge in [-0.15, -0.1) is 0 Å². The zero-order valence-electron chi connectivity index (χ0n) is 18.8. The number of methoxy groups -OCH3 is 1. The molecule has 0 aliphatic rings. The van der Waals surface area contributed by atoms with Gasteiger partial charge in [0.2, 0.25) is 0 Å². The molecule has 0 radical (unpaired) electrons. The largest absolute Gasteiger partial charge is 0.497 e. The molecule has 0 unspecified atom stereocenters. The molecule has 4 rings (SSSR count). The maximum atomic E-state index is 14.0. The molecule has 0 saturated carbocycles. The Labute approximate surface area is 211 Å². The SMILES string of the molecule is CCn1cc(Br)c(CN(C)C(=O)c2nn3c(C(F)(F)F)cc(-c4cccc(OC)c4)nc3c2Cl)n1. The summed E-state index contributed by atoms with van der Waals surface area (Å²) in [7, 11) is 2.93. The maximum absolute atomic E-state index is 14.0. The summed E-state index contributed by atoms with van der Waals surface area (Å²) >= 11 is 9.78. The van der Waals surface area contributed by atoms with E-state index in [0.29, 0.717) is 32.5 Å². The van der Waals surface area contributed by atoms with Crippen LogP contribution in [0.15, 0.2) is 41.0 Å². The van der Waals surface area contributed by atoms with E-state index in [4.69, 9.17) is 16.3 Å².